The average Bonchev–Trinajstić information content (AvgIpc) is 2.40. The smallest absolute Gasteiger partial charge is 0.123 e. The van der Waals surface area contributed by atoms with Crippen LogP contribution in [0.25, 0.3) is 0 Å². The highest BCUT2D eigenvalue weighted by Gasteiger charge is 2.29. The fourth-order valence-electron chi connectivity index (χ4n) is 2.19. The van der Waals surface area contributed by atoms with E-state index in [-0.39, 0.29) is 12.4 Å². The van der Waals surface area contributed by atoms with Gasteiger partial charge in [-0.25, -0.2) is 4.39 Å². The molecule has 1 aromatic carbocycles. The van der Waals surface area contributed by atoms with Gasteiger partial charge in [0.05, 0.1) is 6.10 Å². The molecule has 1 aliphatic carbocycles. The Bertz CT molecular complexity index is 393. The predicted molar refractivity (Wildman–Crippen MR) is 74.3 cm³/mol. The van der Waals surface area contributed by atoms with E-state index in [0.717, 1.165) is 19.4 Å². The number of rotatable bonds is 8. The normalized spacial score (nSPS) is 23.1. The molecule has 112 valence electrons. The number of benzene rings is 1. The van der Waals surface area contributed by atoms with Crippen LogP contribution < -0.4 is 10.1 Å². The summed E-state index contributed by atoms with van der Waals surface area (Å²) in [4.78, 5) is 0. The quantitative estimate of drug-likeness (QED) is 0.763. The van der Waals surface area contributed by atoms with Crippen molar-refractivity contribution in [3.8, 4) is 5.75 Å². The first-order valence-electron chi connectivity index (χ1n) is 7.08. The van der Waals surface area contributed by atoms with Crippen molar-refractivity contribution >= 4 is 0 Å². The van der Waals surface area contributed by atoms with Crippen LogP contribution in [0.2, 0.25) is 0 Å². The van der Waals surface area contributed by atoms with E-state index in [2.05, 4.69) is 5.32 Å². The van der Waals surface area contributed by atoms with Crippen molar-refractivity contribution in [1.29, 1.82) is 0 Å². The molecule has 2 rings (SSSR count). The third-order valence-corrected chi connectivity index (χ3v) is 3.40. The van der Waals surface area contributed by atoms with E-state index in [9.17, 15) is 9.50 Å². The second-order valence-electron chi connectivity index (χ2n) is 5.07. The lowest BCUT2D eigenvalue weighted by Crippen LogP contribution is -2.48. The van der Waals surface area contributed by atoms with Gasteiger partial charge in [0.15, 0.2) is 0 Å². The number of ether oxygens (including phenoxy) is 2. The summed E-state index contributed by atoms with van der Waals surface area (Å²) in [6.45, 7) is 3.44. The van der Waals surface area contributed by atoms with E-state index in [1.54, 1.807) is 12.1 Å². The monoisotopic (exact) mass is 283 g/mol. The SMILES string of the molecule is CCOC1CC(NCC(O)COc2ccc(F)cc2)C1. The molecule has 1 aliphatic rings. The van der Waals surface area contributed by atoms with Crippen molar-refractivity contribution in [3.05, 3.63) is 30.1 Å². The zero-order valence-corrected chi connectivity index (χ0v) is 11.7. The van der Waals surface area contributed by atoms with Gasteiger partial charge in [-0.3, -0.25) is 0 Å². The number of hydrogen-bond donors (Lipinski definition) is 2. The molecular weight excluding hydrogens is 261 g/mol. The van der Waals surface area contributed by atoms with Crippen molar-refractivity contribution in [2.24, 2.45) is 0 Å². The fraction of sp³-hybridized carbons (Fsp3) is 0.600. The summed E-state index contributed by atoms with van der Waals surface area (Å²) in [5.74, 6) is 0.263. The zero-order valence-electron chi connectivity index (χ0n) is 11.7. The molecule has 1 saturated carbocycles. The van der Waals surface area contributed by atoms with Crippen LogP contribution in [0.15, 0.2) is 24.3 Å². The summed E-state index contributed by atoms with van der Waals surface area (Å²) >= 11 is 0. The molecule has 0 aliphatic heterocycles. The molecule has 0 saturated heterocycles. The van der Waals surface area contributed by atoms with Gasteiger partial charge in [-0.1, -0.05) is 0 Å². The highest BCUT2D eigenvalue weighted by Crippen LogP contribution is 2.23. The highest BCUT2D eigenvalue weighted by molar-refractivity contribution is 5.22. The molecule has 1 unspecified atom stereocenters. The lowest BCUT2D eigenvalue weighted by molar-refractivity contribution is -0.0134. The Kier molecular flexibility index (Phi) is 5.76. The van der Waals surface area contributed by atoms with Gasteiger partial charge >= 0.3 is 0 Å². The molecule has 0 bridgehead atoms. The van der Waals surface area contributed by atoms with Crippen molar-refractivity contribution in [2.75, 3.05) is 19.8 Å². The number of aliphatic hydroxyl groups is 1. The average molecular weight is 283 g/mol. The number of nitrogens with one attached hydrogen (secondary N) is 1. The molecule has 5 heteroatoms. The van der Waals surface area contributed by atoms with Crippen molar-refractivity contribution in [3.63, 3.8) is 0 Å². The number of aliphatic hydroxyl groups excluding tert-OH is 1. The first-order chi connectivity index (χ1) is 9.67. The molecule has 4 nitrogen and oxygen atoms in total. The second kappa shape index (κ2) is 7.57. The van der Waals surface area contributed by atoms with E-state index >= 15 is 0 Å². The van der Waals surface area contributed by atoms with E-state index in [4.69, 9.17) is 9.47 Å². The van der Waals surface area contributed by atoms with Crippen LogP contribution in [0.1, 0.15) is 19.8 Å². The molecule has 0 amide bonds. The summed E-state index contributed by atoms with van der Waals surface area (Å²) in [6, 6.07) is 6.19. The first kappa shape index (κ1) is 15.2. The zero-order chi connectivity index (χ0) is 14.4. The summed E-state index contributed by atoms with van der Waals surface area (Å²) in [7, 11) is 0. The van der Waals surface area contributed by atoms with Crippen LogP contribution in [0, 0.1) is 5.82 Å². The van der Waals surface area contributed by atoms with Gasteiger partial charge in [0.1, 0.15) is 24.3 Å². The van der Waals surface area contributed by atoms with Gasteiger partial charge in [0.2, 0.25) is 0 Å². The summed E-state index contributed by atoms with van der Waals surface area (Å²) in [6.07, 6.45) is 1.79. The maximum Gasteiger partial charge on any atom is 0.123 e. The molecule has 0 radical (unpaired) electrons. The van der Waals surface area contributed by atoms with Gasteiger partial charge < -0.3 is 19.9 Å². The maximum absolute atomic E-state index is 12.7. The largest absolute Gasteiger partial charge is 0.491 e. The standard InChI is InChI=1S/C15H22FNO3/c1-2-19-15-7-12(8-15)17-9-13(18)10-20-14-5-3-11(16)4-6-14/h3-6,12-13,15,17-18H,2,7-10H2,1H3. The van der Waals surface area contributed by atoms with E-state index < -0.39 is 6.10 Å². The second-order valence-corrected chi connectivity index (χ2v) is 5.07. The third-order valence-electron chi connectivity index (χ3n) is 3.40. The van der Waals surface area contributed by atoms with E-state index in [1.807, 2.05) is 6.92 Å². The lowest BCUT2D eigenvalue weighted by Gasteiger charge is -2.36. The number of halogens is 1. The Balaban J connectivity index is 1.57. The Labute approximate surface area is 118 Å². The summed E-state index contributed by atoms with van der Waals surface area (Å²) in [5, 5.41) is 13.1. The minimum absolute atomic E-state index is 0.195. The minimum Gasteiger partial charge on any atom is -0.491 e. The Morgan fingerprint density at radius 2 is 2.05 bits per heavy atom. The first-order valence-corrected chi connectivity index (χ1v) is 7.08. The lowest BCUT2D eigenvalue weighted by atomic mass is 9.89. The molecular formula is C15H22FNO3. The van der Waals surface area contributed by atoms with Gasteiger partial charge in [-0.15, -0.1) is 0 Å². The van der Waals surface area contributed by atoms with E-state index in [1.165, 1.54) is 12.1 Å². The molecule has 20 heavy (non-hydrogen) atoms. The molecule has 0 spiro atoms. The van der Waals surface area contributed by atoms with Crippen LogP contribution in [-0.4, -0.2) is 43.1 Å². The number of hydrogen-bond acceptors (Lipinski definition) is 4. The molecule has 1 atom stereocenters. The van der Waals surface area contributed by atoms with Gasteiger partial charge in [0.25, 0.3) is 0 Å². The fourth-order valence-corrected chi connectivity index (χ4v) is 2.19. The Morgan fingerprint density at radius 3 is 2.70 bits per heavy atom. The Hall–Kier alpha value is -1.17. The van der Waals surface area contributed by atoms with Crippen LogP contribution >= 0.6 is 0 Å². The summed E-state index contributed by atoms with van der Waals surface area (Å²) < 4.78 is 23.6. The molecule has 0 heterocycles. The van der Waals surface area contributed by atoms with Gasteiger partial charge in [-0.05, 0) is 44.0 Å². The van der Waals surface area contributed by atoms with Gasteiger partial charge in [0, 0.05) is 19.2 Å². The maximum atomic E-state index is 12.7. The van der Waals surface area contributed by atoms with Crippen molar-refractivity contribution < 1.29 is 19.0 Å². The van der Waals surface area contributed by atoms with E-state index in [0.29, 0.717) is 24.4 Å². The molecule has 2 N–H and O–H groups in total. The minimum atomic E-state index is -0.578. The van der Waals surface area contributed by atoms with Crippen molar-refractivity contribution in [2.45, 2.75) is 38.0 Å². The molecule has 0 aromatic heterocycles. The van der Waals surface area contributed by atoms with Crippen LogP contribution in [-0.2, 0) is 4.74 Å². The van der Waals surface area contributed by atoms with Gasteiger partial charge in [-0.2, -0.15) is 0 Å². The van der Waals surface area contributed by atoms with Crippen LogP contribution in [0.4, 0.5) is 4.39 Å². The predicted octanol–water partition coefficient (Wildman–Crippen LogP) is 1.72. The Morgan fingerprint density at radius 1 is 1.35 bits per heavy atom. The van der Waals surface area contributed by atoms with Crippen LogP contribution in [0.5, 0.6) is 5.75 Å². The summed E-state index contributed by atoms with van der Waals surface area (Å²) in [5.41, 5.74) is 0. The third kappa shape index (κ3) is 4.74. The molecule has 1 fully saturated rings. The highest BCUT2D eigenvalue weighted by atomic mass is 19.1. The topological polar surface area (TPSA) is 50.7 Å². The molecule has 1 aromatic rings. The van der Waals surface area contributed by atoms with Crippen molar-refractivity contribution in [1.82, 2.24) is 5.32 Å². The van der Waals surface area contributed by atoms with Crippen LogP contribution in [0.3, 0.4) is 0 Å².